The second kappa shape index (κ2) is 6.03. The molecule has 0 saturated carbocycles. The number of fused-ring (bicyclic) bond motifs is 1. The van der Waals surface area contributed by atoms with Crippen LogP contribution in [0.4, 0.5) is 11.4 Å². The van der Waals surface area contributed by atoms with Gasteiger partial charge < -0.3 is 20.1 Å². The molecule has 0 bridgehead atoms. The molecule has 2 N–H and O–H groups in total. The molecule has 1 fully saturated rings. The van der Waals surface area contributed by atoms with Gasteiger partial charge in [0.05, 0.1) is 12.2 Å². The minimum Gasteiger partial charge on any atom is -0.508 e. The SMILES string of the molecule is Oc1ccc2c(c1)NCC(Cc1ccc(N3CCCC3)cc1)O2. The molecule has 2 aromatic rings. The van der Waals surface area contributed by atoms with E-state index in [-0.39, 0.29) is 11.9 Å². The van der Waals surface area contributed by atoms with Crippen molar-refractivity contribution in [2.75, 3.05) is 29.9 Å². The summed E-state index contributed by atoms with van der Waals surface area (Å²) < 4.78 is 6.04. The molecule has 4 rings (SSSR count). The van der Waals surface area contributed by atoms with Crippen LogP contribution in [0.1, 0.15) is 18.4 Å². The predicted molar refractivity (Wildman–Crippen MR) is 92.6 cm³/mol. The van der Waals surface area contributed by atoms with Gasteiger partial charge in [0.15, 0.2) is 0 Å². The first-order chi connectivity index (χ1) is 11.3. The van der Waals surface area contributed by atoms with Crippen LogP contribution in [0.3, 0.4) is 0 Å². The van der Waals surface area contributed by atoms with Crippen LogP contribution in [0, 0.1) is 0 Å². The predicted octanol–water partition coefficient (Wildman–Crippen LogP) is 3.41. The number of benzene rings is 2. The molecule has 2 aromatic carbocycles. The fourth-order valence-corrected chi connectivity index (χ4v) is 3.40. The molecule has 0 radical (unpaired) electrons. The molecule has 0 aliphatic carbocycles. The Labute approximate surface area is 136 Å². The second-order valence-electron chi connectivity index (χ2n) is 6.37. The number of anilines is 2. The normalized spacial score (nSPS) is 19.8. The summed E-state index contributed by atoms with van der Waals surface area (Å²) in [5.74, 6) is 1.07. The highest BCUT2D eigenvalue weighted by atomic mass is 16.5. The van der Waals surface area contributed by atoms with Gasteiger partial charge in [0, 0.05) is 31.3 Å². The van der Waals surface area contributed by atoms with Gasteiger partial charge in [0.1, 0.15) is 17.6 Å². The van der Waals surface area contributed by atoms with E-state index < -0.39 is 0 Å². The van der Waals surface area contributed by atoms with Gasteiger partial charge in [0.25, 0.3) is 0 Å². The van der Waals surface area contributed by atoms with E-state index in [9.17, 15) is 5.11 Å². The molecule has 4 heteroatoms. The first-order valence-corrected chi connectivity index (χ1v) is 8.35. The summed E-state index contributed by atoms with van der Waals surface area (Å²) in [4.78, 5) is 2.45. The number of hydrogen-bond acceptors (Lipinski definition) is 4. The van der Waals surface area contributed by atoms with Crippen LogP contribution in [-0.2, 0) is 6.42 Å². The first kappa shape index (κ1) is 14.2. The molecule has 0 amide bonds. The van der Waals surface area contributed by atoms with Gasteiger partial charge in [0.2, 0.25) is 0 Å². The number of phenolic OH excluding ortho intramolecular Hbond substituents is 1. The molecular formula is C19H22N2O2. The zero-order valence-corrected chi connectivity index (χ0v) is 13.2. The number of ether oxygens (including phenoxy) is 1. The Morgan fingerprint density at radius 1 is 1.09 bits per heavy atom. The first-order valence-electron chi connectivity index (χ1n) is 8.35. The monoisotopic (exact) mass is 310 g/mol. The van der Waals surface area contributed by atoms with E-state index in [1.807, 2.05) is 6.07 Å². The zero-order chi connectivity index (χ0) is 15.6. The molecule has 0 spiro atoms. The Morgan fingerprint density at radius 2 is 1.87 bits per heavy atom. The quantitative estimate of drug-likeness (QED) is 0.912. The van der Waals surface area contributed by atoms with E-state index in [0.29, 0.717) is 0 Å². The lowest BCUT2D eigenvalue weighted by molar-refractivity contribution is 0.206. The minimum atomic E-state index is 0.115. The molecule has 2 aliphatic heterocycles. The third kappa shape index (κ3) is 3.07. The Morgan fingerprint density at radius 3 is 2.65 bits per heavy atom. The third-order valence-electron chi connectivity index (χ3n) is 4.65. The Hall–Kier alpha value is -2.36. The average Bonchev–Trinajstić information content (AvgIpc) is 3.10. The van der Waals surface area contributed by atoms with Crippen molar-refractivity contribution in [2.24, 2.45) is 0 Å². The summed E-state index contributed by atoms with van der Waals surface area (Å²) in [6, 6.07) is 14.1. The molecule has 2 heterocycles. The van der Waals surface area contributed by atoms with Gasteiger partial charge in [-0.05, 0) is 42.7 Å². The Bertz CT molecular complexity index is 678. The van der Waals surface area contributed by atoms with E-state index in [1.54, 1.807) is 12.1 Å². The van der Waals surface area contributed by atoms with Crippen LogP contribution in [0.5, 0.6) is 11.5 Å². The van der Waals surface area contributed by atoms with E-state index in [0.717, 1.165) is 24.4 Å². The van der Waals surface area contributed by atoms with E-state index in [4.69, 9.17) is 4.74 Å². The van der Waals surface area contributed by atoms with Crippen LogP contribution in [-0.4, -0.2) is 30.8 Å². The topological polar surface area (TPSA) is 44.7 Å². The van der Waals surface area contributed by atoms with Crippen LogP contribution in [0.15, 0.2) is 42.5 Å². The smallest absolute Gasteiger partial charge is 0.143 e. The molecule has 1 atom stereocenters. The fraction of sp³-hybridized carbons (Fsp3) is 0.368. The summed E-state index contributed by atoms with van der Waals surface area (Å²) in [5, 5.41) is 12.8. The Balaban J connectivity index is 1.41. The van der Waals surface area contributed by atoms with Crippen molar-refractivity contribution in [1.29, 1.82) is 0 Å². The highest BCUT2D eigenvalue weighted by Gasteiger charge is 2.20. The van der Waals surface area contributed by atoms with Gasteiger partial charge in [-0.1, -0.05) is 12.1 Å². The molecule has 1 unspecified atom stereocenters. The van der Waals surface area contributed by atoms with Crippen LogP contribution >= 0.6 is 0 Å². The zero-order valence-electron chi connectivity index (χ0n) is 13.2. The number of phenols is 1. The number of aromatic hydroxyl groups is 1. The summed E-state index contributed by atoms with van der Waals surface area (Å²) in [6.07, 6.45) is 3.61. The lowest BCUT2D eigenvalue weighted by Crippen LogP contribution is -2.32. The van der Waals surface area contributed by atoms with Crippen molar-refractivity contribution >= 4 is 11.4 Å². The fourth-order valence-electron chi connectivity index (χ4n) is 3.40. The Kier molecular flexibility index (Phi) is 3.74. The highest BCUT2D eigenvalue weighted by molar-refractivity contribution is 5.61. The van der Waals surface area contributed by atoms with Gasteiger partial charge in [-0.3, -0.25) is 0 Å². The van der Waals surface area contributed by atoms with Crippen molar-refractivity contribution in [2.45, 2.75) is 25.4 Å². The van der Waals surface area contributed by atoms with Crippen LogP contribution in [0.2, 0.25) is 0 Å². The van der Waals surface area contributed by atoms with Crippen molar-refractivity contribution in [3.63, 3.8) is 0 Å². The summed E-state index contributed by atoms with van der Waals surface area (Å²) in [6.45, 7) is 3.11. The van der Waals surface area contributed by atoms with Crippen LogP contribution in [0.25, 0.3) is 0 Å². The number of nitrogens with one attached hydrogen (secondary N) is 1. The molecule has 23 heavy (non-hydrogen) atoms. The maximum Gasteiger partial charge on any atom is 0.143 e. The van der Waals surface area contributed by atoms with E-state index >= 15 is 0 Å². The van der Waals surface area contributed by atoms with Crippen molar-refractivity contribution in [3.8, 4) is 11.5 Å². The highest BCUT2D eigenvalue weighted by Crippen LogP contribution is 2.32. The standard InChI is InChI=1S/C19H22N2O2/c22-16-7-8-19-18(12-16)20-13-17(23-19)11-14-3-5-15(6-4-14)21-9-1-2-10-21/h3-8,12,17,20,22H,1-2,9-11,13H2. The summed E-state index contributed by atoms with van der Waals surface area (Å²) in [5.41, 5.74) is 3.49. The number of hydrogen-bond donors (Lipinski definition) is 2. The molecule has 1 saturated heterocycles. The molecule has 2 aliphatic rings. The van der Waals surface area contributed by atoms with E-state index in [1.165, 1.54) is 37.2 Å². The van der Waals surface area contributed by atoms with Crippen molar-refractivity contribution in [3.05, 3.63) is 48.0 Å². The van der Waals surface area contributed by atoms with Gasteiger partial charge in [-0.15, -0.1) is 0 Å². The van der Waals surface area contributed by atoms with Gasteiger partial charge >= 0.3 is 0 Å². The summed E-state index contributed by atoms with van der Waals surface area (Å²) >= 11 is 0. The van der Waals surface area contributed by atoms with Gasteiger partial charge in [-0.25, -0.2) is 0 Å². The molecule has 4 nitrogen and oxygen atoms in total. The lowest BCUT2D eigenvalue weighted by Gasteiger charge is -2.27. The van der Waals surface area contributed by atoms with Gasteiger partial charge in [-0.2, -0.15) is 0 Å². The van der Waals surface area contributed by atoms with E-state index in [2.05, 4.69) is 34.5 Å². The lowest BCUT2D eigenvalue weighted by atomic mass is 10.1. The number of nitrogens with zero attached hydrogens (tertiary/aromatic N) is 1. The van der Waals surface area contributed by atoms with Crippen molar-refractivity contribution < 1.29 is 9.84 Å². The third-order valence-corrected chi connectivity index (χ3v) is 4.65. The molecule has 120 valence electrons. The maximum atomic E-state index is 9.51. The van der Waals surface area contributed by atoms with Crippen molar-refractivity contribution in [1.82, 2.24) is 0 Å². The number of rotatable bonds is 3. The largest absolute Gasteiger partial charge is 0.508 e. The summed E-state index contributed by atoms with van der Waals surface area (Å²) in [7, 11) is 0. The second-order valence-corrected chi connectivity index (χ2v) is 6.37. The minimum absolute atomic E-state index is 0.115. The van der Waals surface area contributed by atoms with Crippen LogP contribution < -0.4 is 15.0 Å². The molecule has 0 aromatic heterocycles. The average molecular weight is 310 g/mol. The maximum absolute atomic E-state index is 9.51. The molecular weight excluding hydrogens is 288 g/mol.